The summed E-state index contributed by atoms with van der Waals surface area (Å²) in [6, 6.07) is 23.3. The predicted molar refractivity (Wildman–Crippen MR) is 265 cm³/mol. The zero-order valence-corrected chi connectivity index (χ0v) is 41.4. The third-order valence-corrected chi connectivity index (χ3v) is 13.3. The van der Waals surface area contributed by atoms with Crippen molar-refractivity contribution >= 4 is 63.7 Å². The van der Waals surface area contributed by atoms with Crippen molar-refractivity contribution in [2.75, 3.05) is 43.3 Å². The van der Waals surface area contributed by atoms with E-state index in [1.54, 1.807) is 98.8 Å². The van der Waals surface area contributed by atoms with Crippen molar-refractivity contribution in [3.8, 4) is 39.5 Å². The molecule has 3 N–H and O–H groups in total. The van der Waals surface area contributed by atoms with Crippen LogP contribution in [0.3, 0.4) is 0 Å². The molecule has 2 saturated heterocycles. The Morgan fingerprint density at radius 2 is 1.64 bits per heavy atom. The van der Waals surface area contributed by atoms with Crippen LogP contribution in [-0.4, -0.2) is 101 Å². The van der Waals surface area contributed by atoms with Gasteiger partial charge in [0, 0.05) is 37.3 Å². The monoisotopic (exact) mass is 991 g/mol. The second-order valence-corrected chi connectivity index (χ2v) is 19.5. The fourth-order valence-electron chi connectivity index (χ4n) is 8.19. The molecule has 70 heavy (non-hydrogen) atoms. The van der Waals surface area contributed by atoms with Crippen molar-refractivity contribution < 1.29 is 47.6 Å². The Hall–Kier alpha value is -7.14. The number of rotatable bonds is 17. The van der Waals surface area contributed by atoms with Crippen LogP contribution in [0, 0.1) is 29.5 Å². The number of likely N-dealkylation sites (tertiary alicyclic amines) is 1. The molecule has 3 heterocycles. The highest BCUT2D eigenvalue weighted by Crippen LogP contribution is 2.39. The van der Waals surface area contributed by atoms with Crippen LogP contribution < -0.4 is 39.4 Å². The van der Waals surface area contributed by atoms with Gasteiger partial charge in [-0.1, -0.05) is 45.0 Å². The van der Waals surface area contributed by atoms with E-state index in [1.807, 2.05) is 37.3 Å². The molecule has 2 aliphatic heterocycles. The quantitative estimate of drug-likeness (QED) is 0.0659. The maximum Gasteiger partial charge on any atom is 0.259 e. The topological polar surface area (TPSA) is 196 Å². The number of nitrogens with zero attached hydrogens (tertiary/aromatic N) is 5. The second-order valence-electron chi connectivity index (χ2n) is 18.3. The second kappa shape index (κ2) is 21.2. The first-order valence-corrected chi connectivity index (χ1v) is 23.7. The molecular formula is C51H54FN7O9S2. The van der Waals surface area contributed by atoms with E-state index in [1.165, 1.54) is 35.1 Å². The minimum absolute atomic E-state index is 0.00622. The lowest BCUT2D eigenvalue weighted by molar-refractivity contribution is -0.144. The van der Waals surface area contributed by atoms with Gasteiger partial charge in [-0.05, 0) is 98.1 Å². The number of aliphatic hydroxyl groups is 1. The summed E-state index contributed by atoms with van der Waals surface area (Å²) in [6.07, 6.45) is -0.847. The molecule has 0 spiro atoms. The third-order valence-electron chi connectivity index (χ3n) is 11.9. The van der Waals surface area contributed by atoms with Gasteiger partial charge in [-0.3, -0.25) is 24.1 Å². The van der Waals surface area contributed by atoms with Crippen molar-refractivity contribution in [1.29, 1.82) is 5.26 Å². The van der Waals surface area contributed by atoms with Gasteiger partial charge in [0.05, 0.1) is 40.5 Å². The Labute approximate surface area is 414 Å². The lowest BCUT2D eigenvalue weighted by Gasteiger charge is -2.35. The minimum atomic E-state index is -1.17. The molecule has 19 heteroatoms. The number of methoxy groups -OCH3 is 1. The van der Waals surface area contributed by atoms with E-state index in [0.29, 0.717) is 28.4 Å². The Morgan fingerprint density at radius 1 is 0.971 bits per heavy atom. The number of ether oxygens (including phenoxy) is 4. The first-order chi connectivity index (χ1) is 33.3. The summed E-state index contributed by atoms with van der Waals surface area (Å²) in [7, 11) is 1.42. The normalized spacial score (nSPS) is 16.9. The number of halogens is 1. The van der Waals surface area contributed by atoms with E-state index in [9.17, 15) is 29.5 Å². The Balaban J connectivity index is 0.870. The molecular weight excluding hydrogens is 938 g/mol. The van der Waals surface area contributed by atoms with Crippen LogP contribution in [-0.2, 0) is 25.7 Å². The predicted octanol–water partition coefficient (Wildman–Crippen LogP) is 6.70. The average Bonchev–Trinajstić information content (AvgIpc) is 4.00. The molecule has 0 bridgehead atoms. The van der Waals surface area contributed by atoms with E-state index in [0.717, 1.165) is 21.7 Å². The summed E-state index contributed by atoms with van der Waals surface area (Å²) in [5.41, 5.74) is 3.76. The molecule has 4 aromatic carbocycles. The number of benzene rings is 4. The fourth-order valence-corrected chi connectivity index (χ4v) is 9.52. The van der Waals surface area contributed by atoms with Gasteiger partial charge in [0.25, 0.3) is 11.8 Å². The van der Waals surface area contributed by atoms with E-state index >= 15 is 4.39 Å². The van der Waals surface area contributed by atoms with Crippen molar-refractivity contribution in [2.45, 2.75) is 78.2 Å². The molecule has 2 aliphatic rings. The number of aromatic nitrogens is 1. The number of aryl methyl sites for hydroxylation is 1. The minimum Gasteiger partial charge on any atom is -0.495 e. The maximum absolute atomic E-state index is 15.5. The molecule has 2 fully saturated rings. The number of amides is 4. The first-order valence-electron chi connectivity index (χ1n) is 22.4. The van der Waals surface area contributed by atoms with Crippen molar-refractivity contribution in [3.05, 3.63) is 113 Å². The van der Waals surface area contributed by atoms with Crippen LogP contribution >= 0.6 is 23.6 Å². The van der Waals surface area contributed by atoms with Crippen LogP contribution in [0.15, 0.2) is 90.4 Å². The number of nitriles is 1. The van der Waals surface area contributed by atoms with Gasteiger partial charge in [0.1, 0.15) is 54.2 Å². The number of thiazole rings is 1. The van der Waals surface area contributed by atoms with Crippen molar-refractivity contribution in [3.63, 3.8) is 0 Å². The molecule has 0 aliphatic carbocycles. The summed E-state index contributed by atoms with van der Waals surface area (Å²) < 4.78 is 38.0. The van der Waals surface area contributed by atoms with Crippen LogP contribution in [0.25, 0.3) is 10.4 Å². The Bertz CT molecular complexity index is 2810. The molecule has 5 aromatic rings. The van der Waals surface area contributed by atoms with Gasteiger partial charge in [0.2, 0.25) is 11.8 Å². The largest absolute Gasteiger partial charge is 0.495 e. The highest BCUT2D eigenvalue weighted by molar-refractivity contribution is 7.81. The average molecular weight is 992 g/mol. The summed E-state index contributed by atoms with van der Waals surface area (Å²) in [5.74, 6) is -1.41. The van der Waals surface area contributed by atoms with Crippen LogP contribution in [0.5, 0.6) is 23.0 Å². The number of thiocarbonyl (C=S) groups is 1. The molecule has 4 amide bonds. The van der Waals surface area contributed by atoms with Crippen molar-refractivity contribution in [1.82, 2.24) is 20.5 Å². The van der Waals surface area contributed by atoms with E-state index in [4.69, 9.17) is 31.2 Å². The van der Waals surface area contributed by atoms with Gasteiger partial charge in [-0.25, -0.2) is 9.37 Å². The number of carbonyl (C=O) groups is 4. The van der Waals surface area contributed by atoms with E-state index in [2.05, 4.69) is 15.6 Å². The summed E-state index contributed by atoms with van der Waals surface area (Å²) in [4.78, 5) is 64.0. The molecule has 16 nitrogen and oxygen atoms in total. The molecule has 3 atom stereocenters. The number of carbonyl (C=O) groups excluding carboxylic acids is 4. The number of anilines is 2. The highest BCUT2D eigenvalue weighted by Gasteiger charge is 2.51. The lowest BCUT2D eigenvalue weighted by atomic mass is 9.85. The van der Waals surface area contributed by atoms with Crippen LogP contribution in [0.1, 0.15) is 57.9 Å². The number of aliphatic hydroxyl groups excluding tert-OH is 1. The van der Waals surface area contributed by atoms with E-state index < -0.39 is 59.3 Å². The number of β-amino-alcohol motifs (C(OH)–C–C–N with tert-alkyl or cyclic N) is 1. The molecule has 0 unspecified atom stereocenters. The Kier molecular flexibility index (Phi) is 15.4. The molecule has 366 valence electrons. The SMILES string of the molecule is COc1cc(N2C(=O)C(C)(C)N(c3ccc(OCCOc4ccc(OCC(=O)N[C@H](C(=O)N5C[C@H](O)C[C@H]5C(=O)NCc5ccc(-c6scnc6C)cc5)C(C)(C)C)cc4)c(F)c3)C2=S)ccc1C#N. The van der Waals surface area contributed by atoms with Crippen LogP contribution in [0.2, 0.25) is 0 Å². The molecule has 1 aromatic heterocycles. The zero-order valence-electron chi connectivity index (χ0n) is 39.8. The third kappa shape index (κ3) is 11.1. The first kappa shape index (κ1) is 50.7. The standard InChI is InChI=1S/C51H54FN7O9S2/c1-30-44(70-29-55-30)32-10-8-31(9-11-32)26-54-46(62)40-24-36(60)27-57(40)47(63)45(50(2,3)4)56-43(61)28-68-38-17-15-37(16-18-38)66-20-21-67-41-19-14-35(22-39(41)52)59-49(69)58(48(64)51(59,5)6)34-13-12-33(25-53)42(23-34)65-7/h8-19,22-23,29,36,40,45,60H,20-21,24,26-28H2,1-7H3,(H,54,62)(H,56,61)/t36-,40+,45-/m1/s1. The van der Waals surface area contributed by atoms with E-state index in [-0.39, 0.29) is 55.2 Å². The summed E-state index contributed by atoms with van der Waals surface area (Å²) in [6.45, 7) is 10.5. The van der Waals surface area contributed by atoms with Gasteiger partial charge in [-0.2, -0.15) is 5.26 Å². The summed E-state index contributed by atoms with van der Waals surface area (Å²) >= 11 is 7.28. The van der Waals surface area contributed by atoms with Gasteiger partial charge in [-0.15, -0.1) is 11.3 Å². The van der Waals surface area contributed by atoms with Gasteiger partial charge in [0.15, 0.2) is 23.3 Å². The lowest BCUT2D eigenvalue weighted by Crippen LogP contribution is -2.58. The van der Waals surface area contributed by atoms with Gasteiger partial charge < -0.3 is 44.5 Å². The summed E-state index contributed by atoms with van der Waals surface area (Å²) in [5, 5.41) is 25.8. The molecule has 0 radical (unpaired) electrons. The zero-order chi connectivity index (χ0) is 50.5. The number of nitrogens with one attached hydrogen (secondary N) is 2. The number of hydrogen-bond acceptors (Lipinski definition) is 13. The van der Waals surface area contributed by atoms with Crippen molar-refractivity contribution in [2.24, 2.45) is 5.41 Å². The molecule has 0 saturated carbocycles. The fraction of sp³-hybridized carbons (Fsp3) is 0.353. The maximum atomic E-state index is 15.5. The Morgan fingerprint density at radius 3 is 2.27 bits per heavy atom. The molecule has 7 rings (SSSR count). The van der Waals surface area contributed by atoms with Gasteiger partial charge >= 0.3 is 0 Å². The highest BCUT2D eigenvalue weighted by atomic mass is 32.1. The number of hydrogen-bond donors (Lipinski definition) is 3. The smallest absolute Gasteiger partial charge is 0.259 e. The van der Waals surface area contributed by atoms with Crippen LogP contribution in [0.4, 0.5) is 15.8 Å².